The zero-order chi connectivity index (χ0) is 10.8. The van der Waals surface area contributed by atoms with Crippen LogP contribution in [0.1, 0.15) is 25.7 Å². The lowest BCUT2D eigenvalue weighted by molar-refractivity contribution is -0.125. The van der Waals surface area contributed by atoms with Gasteiger partial charge in [0.2, 0.25) is 12.3 Å². The molecule has 14 heavy (non-hydrogen) atoms. The highest BCUT2D eigenvalue weighted by Crippen LogP contribution is 2.03. The predicted octanol–water partition coefficient (Wildman–Crippen LogP) is 0.593. The smallest absolute Gasteiger partial charge is 0.242 e. The van der Waals surface area contributed by atoms with Crippen molar-refractivity contribution in [2.45, 2.75) is 31.7 Å². The van der Waals surface area contributed by atoms with Crippen molar-refractivity contribution in [3.05, 3.63) is 12.7 Å². The van der Waals surface area contributed by atoms with Crippen molar-refractivity contribution >= 4 is 12.3 Å². The molecule has 0 aliphatic rings. The van der Waals surface area contributed by atoms with E-state index in [1.54, 1.807) is 7.05 Å². The highest BCUT2D eigenvalue weighted by molar-refractivity contribution is 5.83. The number of hydrogen-bond acceptors (Lipinski definition) is 2. The van der Waals surface area contributed by atoms with E-state index in [0.717, 1.165) is 19.3 Å². The summed E-state index contributed by atoms with van der Waals surface area (Å²) in [4.78, 5) is 21.4. The van der Waals surface area contributed by atoms with Crippen LogP contribution in [0, 0.1) is 0 Å². The van der Waals surface area contributed by atoms with Gasteiger partial charge in [0.15, 0.2) is 0 Å². The molecule has 0 heterocycles. The van der Waals surface area contributed by atoms with Gasteiger partial charge in [-0.2, -0.15) is 0 Å². The van der Waals surface area contributed by atoms with Gasteiger partial charge >= 0.3 is 0 Å². The van der Waals surface area contributed by atoms with Crippen LogP contribution in [0.3, 0.4) is 0 Å². The number of likely N-dealkylation sites (N-methyl/N-ethyl adjacent to an activating group) is 1. The molecule has 0 aromatic rings. The molecule has 0 rings (SSSR count). The first-order chi connectivity index (χ1) is 6.76. The zero-order valence-corrected chi connectivity index (χ0v) is 8.58. The lowest BCUT2D eigenvalue weighted by Crippen LogP contribution is -2.42. The molecular formula is C10H18N2O2. The maximum Gasteiger partial charge on any atom is 0.242 e. The second kappa shape index (κ2) is 8.29. The fraction of sp³-hybridized carbons (Fsp3) is 0.600. The third-order valence-electron chi connectivity index (χ3n) is 1.98. The number of amides is 2. The fourth-order valence-corrected chi connectivity index (χ4v) is 1.18. The maximum absolute atomic E-state index is 11.2. The Hall–Kier alpha value is -1.32. The quantitative estimate of drug-likeness (QED) is 0.341. The summed E-state index contributed by atoms with van der Waals surface area (Å²) in [6.45, 7) is 3.61. The molecule has 0 saturated carbocycles. The normalized spacial score (nSPS) is 11.5. The van der Waals surface area contributed by atoms with Crippen molar-refractivity contribution in [2.24, 2.45) is 0 Å². The van der Waals surface area contributed by atoms with Crippen LogP contribution in [0.25, 0.3) is 0 Å². The van der Waals surface area contributed by atoms with E-state index >= 15 is 0 Å². The number of carbonyl (C=O) groups excluding carboxylic acids is 2. The van der Waals surface area contributed by atoms with E-state index < -0.39 is 6.04 Å². The van der Waals surface area contributed by atoms with Crippen LogP contribution in [0.4, 0.5) is 0 Å². The average Bonchev–Trinajstić information content (AvgIpc) is 2.21. The molecule has 4 nitrogen and oxygen atoms in total. The summed E-state index contributed by atoms with van der Waals surface area (Å²) in [5.74, 6) is -0.143. The topological polar surface area (TPSA) is 58.2 Å². The van der Waals surface area contributed by atoms with Crippen LogP contribution >= 0.6 is 0 Å². The highest BCUT2D eigenvalue weighted by Gasteiger charge is 2.14. The summed E-state index contributed by atoms with van der Waals surface area (Å²) in [7, 11) is 1.56. The molecule has 0 aromatic carbocycles. The van der Waals surface area contributed by atoms with E-state index in [1.807, 2.05) is 6.08 Å². The summed E-state index contributed by atoms with van der Waals surface area (Å²) in [5.41, 5.74) is 0. The molecular weight excluding hydrogens is 180 g/mol. The Kier molecular flexibility index (Phi) is 7.50. The maximum atomic E-state index is 11.2. The van der Waals surface area contributed by atoms with Gasteiger partial charge in [-0.1, -0.05) is 12.5 Å². The molecule has 0 saturated heterocycles. The minimum Gasteiger partial charge on any atom is -0.357 e. The molecule has 0 radical (unpaired) electrons. The van der Waals surface area contributed by atoms with E-state index in [2.05, 4.69) is 17.2 Å². The van der Waals surface area contributed by atoms with Crippen molar-refractivity contribution in [1.29, 1.82) is 0 Å². The largest absolute Gasteiger partial charge is 0.357 e. The number of carbonyl (C=O) groups is 2. The van der Waals surface area contributed by atoms with Gasteiger partial charge in [0.05, 0.1) is 0 Å². The van der Waals surface area contributed by atoms with Gasteiger partial charge in [0.1, 0.15) is 6.04 Å². The summed E-state index contributed by atoms with van der Waals surface area (Å²) in [5, 5.41) is 5.00. The van der Waals surface area contributed by atoms with Crippen LogP contribution < -0.4 is 10.6 Å². The second-order valence-corrected chi connectivity index (χ2v) is 3.02. The van der Waals surface area contributed by atoms with Gasteiger partial charge in [-0.05, 0) is 19.3 Å². The number of nitrogens with one attached hydrogen (secondary N) is 2. The van der Waals surface area contributed by atoms with E-state index in [1.165, 1.54) is 0 Å². The Morgan fingerprint density at radius 1 is 1.50 bits per heavy atom. The first kappa shape index (κ1) is 12.7. The molecule has 1 atom stereocenters. The molecule has 2 N–H and O–H groups in total. The molecule has 4 heteroatoms. The van der Waals surface area contributed by atoms with Crippen LogP contribution in [0.15, 0.2) is 12.7 Å². The Morgan fingerprint density at radius 3 is 2.71 bits per heavy atom. The van der Waals surface area contributed by atoms with Crippen molar-refractivity contribution < 1.29 is 9.59 Å². The van der Waals surface area contributed by atoms with Crippen molar-refractivity contribution in [3.63, 3.8) is 0 Å². The third-order valence-corrected chi connectivity index (χ3v) is 1.98. The van der Waals surface area contributed by atoms with E-state index in [9.17, 15) is 9.59 Å². The van der Waals surface area contributed by atoms with Gasteiger partial charge in [-0.3, -0.25) is 9.59 Å². The minimum absolute atomic E-state index is 0.143. The van der Waals surface area contributed by atoms with E-state index in [0.29, 0.717) is 12.8 Å². The summed E-state index contributed by atoms with van der Waals surface area (Å²) in [6.07, 6.45) is 5.94. The van der Waals surface area contributed by atoms with Crippen LogP contribution in [0.5, 0.6) is 0 Å². The lowest BCUT2D eigenvalue weighted by Gasteiger charge is -2.13. The second-order valence-electron chi connectivity index (χ2n) is 3.02. The highest BCUT2D eigenvalue weighted by atomic mass is 16.2. The first-order valence-corrected chi connectivity index (χ1v) is 4.78. The van der Waals surface area contributed by atoms with Crippen molar-refractivity contribution in [3.8, 4) is 0 Å². The molecule has 0 spiro atoms. The molecule has 2 amide bonds. The van der Waals surface area contributed by atoms with Crippen molar-refractivity contribution in [1.82, 2.24) is 10.6 Å². The van der Waals surface area contributed by atoms with Gasteiger partial charge in [0.25, 0.3) is 0 Å². The Bertz CT molecular complexity index is 193. The third kappa shape index (κ3) is 5.35. The van der Waals surface area contributed by atoms with E-state index in [-0.39, 0.29) is 5.91 Å². The number of allylic oxidation sites excluding steroid dienone is 1. The Morgan fingerprint density at radius 2 is 2.21 bits per heavy atom. The molecule has 0 fully saturated rings. The number of hydrogen-bond donors (Lipinski definition) is 2. The van der Waals surface area contributed by atoms with E-state index in [4.69, 9.17) is 0 Å². The van der Waals surface area contributed by atoms with Crippen molar-refractivity contribution in [2.75, 3.05) is 7.05 Å². The monoisotopic (exact) mass is 198 g/mol. The molecule has 0 bridgehead atoms. The summed E-state index contributed by atoms with van der Waals surface area (Å²) in [6, 6.07) is -0.401. The SMILES string of the molecule is C=CCCCC[C@H](NC=O)C(=O)NC. The first-order valence-electron chi connectivity index (χ1n) is 4.78. The number of unbranched alkanes of at least 4 members (excludes halogenated alkanes) is 2. The molecule has 0 unspecified atom stereocenters. The van der Waals surface area contributed by atoms with Crippen LogP contribution in [0.2, 0.25) is 0 Å². The number of rotatable bonds is 8. The summed E-state index contributed by atoms with van der Waals surface area (Å²) >= 11 is 0. The minimum atomic E-state index is -0.401. The Balaban J connectivity index is 3.78. The standard InChI is InChI=1S/C10H18N2O2/c1-3-4-5-6-7-9(12-8-13)10(14)11-2/h3,8-9H,1,4-7H2,2H3,(H,11,14)(H,12,13)/t9-/m0/s1. The fourth-order valence-electron chi connectivity index (χ4n) is 1.18. The molecule has 80 valence electrons. The average molecular weight is 198 g/mol. The predicted molar refractivity (Wildman–Crippen MR) is 55.7 cm³/mol. The van der Waals surface area contributed by atoms with Gasteiger partial charge < -0.3 is 10.6 Å². The van der Waals surface area contributed by atoms with Gasteiger partial charge in [-0.15, -0.1) is 6.58 Å². The summed E-state index contributed by atoms with van der Waals surface area (Å²) < 4.78 is 0. The lowest BCUT2D eigenvalue weighted by atomic mass is 10.1. The van der Waals surface area contributed by atoms with Gasteiger partial charge in [0, 0.05) is 7.05 Å². The van der Waals surface area contributed by atoms with Gasteiger partial charge in [-0.25, -0.2) is 0 Å². The Labute approximate surface area is 84.8 Å². The molecule has 0 aliphatic heterocycles. The molecule has 0 aliphatic carbocycles. The zero-order valence-electron chi connectivity index (χ0n) is 8.58. The van der Waals surface area contributed by atoms with Crippen LogP contribution in [-0.2, 0) is 9.59 Å². The van der Waals surface area contributed by atoms with Crippen LogP contribution in [-0.4, -0.2) is 25.4 Å². The molecule has 0 aromatic heterocycles.